The van der Waals surface area contributed by atoms with Crippen molar-refractivity contribution < 1.29 is 14.6 Å². The van der Waals surface area contributed by atoms with Crippen LogP contribution in [0, 0.1) is 17.8 Å². The second-order valence-electron chi connectivity index (χ2n) is 7.61. The van der Waals surface area contributed by atoms with E-state index in [0.717, 1.165) is 12.8 Å². The van der Waals surface area contributed by atoms with Gasteiger partial charge in [-0.05, 0) is 68.1 Å². The van der Waals surface area contributed by atoms with Crippen LogP contribution in [0.4, 0.5) is 0 Å². The molecule has 2 bridgehead atoms. The first-order valence-electron chi connectivity index (χ1n) is 9.44. The van der Waals surface area contributed by atoms with Crippen molar-refractivity contribution in [2.45, 2.75) is 44.6 Å². The molecule has 4 nitrogen and oxygen atoms in total. The number of carbonyl (C=O) groups is 1. The van der Waals surface area contributed by atoms with Gasteiger partial charge in [-0.2, -0.15) is 0 Å². The second-order valence-corrected chi connectivity index (χ2v) is 8.45. The Bertz CT molecular complexity index is 639. The maximum absolute atomic E-state index is 12.6. The molecule has 0 saturated heterocycles. The van der Waals surface area contributed by atoms with E-state index >= 15 is 0 Å². The molecule has 0 spiro atoms. The quantitative estimate of drug-likeness (QED) is 0.690. The lowest BCUT2D eigenvalue weighted by Gasteiger charge is -2.49. The zero-order valence-corrected chi connectivity index (χ0v) is 16.7. The number of amides is 1. The number of aliphatic hydroxyl groups is 1. The van der Waals surface area contributed by atoms with Crippen LogP contribution >= 0.6 is 23.2 Å². The van der Waals surface area contributed by atoms with Gasteiger partial charge < -0.3 is 14.7 Å². The molecule has 4 atom stereocenters. The molecule has 3 aliphatic rings. The molecule has 3 fully saturated rings. The maximum Gasteiger partial charge on any atom is 0.222 e. The molecule has 4 unspecified atom stereocenters. The zero-order valence-electron chi connectivity index (χ0n) is 15.2. The highest BCUT2D eigenvalue weighted by Gasteiger charge is 2.43. The fourth-order valence-electron chi connectivity index (χ4n) is 4.58. The molecule has 0 radical (unpaired) electrons. The smallest absolute Gasteiger partial charge is 0.222 e. The van der Waals surface area contributed by atoms with Crippen molar-refractivity contribution in [2.24, 2.45) is 17.8 Å². The van der Waals surface area contributed by atoms with Crippen molar-refractivity contribution in [1.29, 1.82) is 0 Å². The third-order valence-corrected chi connectivity index (χ3v) is 6.61. The minimum absolute atomic E-state index is 0.175. The summed E-state index contributed by atoms with van der Waals surface area (Å²) in [6.45, 7) is 0.736. The molecule has 3 saturated carbocycles. The lowest BCUT2D eigenvalue weighted by atomic mass is 9.62. The van der Waals surface area contributed by atoms with Crippen LogP contribution < -0.4 is 4.74 Å². The summed E-state index contributed by atoms with van der Waals surface area (Å²) in [7, 11) is 1.93. The number of halogens is 2. The van der Waals surface area contributed by atoms with Crippen LogP contribution in [-0.4, -0.2) is 42.2 Å². The SMILES string of the molecule is CN(C(=O)CCCOc1ccc(Cl)cc1Cl)C1CC2CCC1CC2CO. The molecular weight excluding hydrogens is 373 g/mol. The van der Waals surface area contributed by atoms with Crippen molar-refractivity contribution >= 4 is 29.1 Å². The van der Waals surface area contributed by atoms with E-state index in [1.54, 1.807) is 18.2 Å². The van der Waals surface area contributed by atoms with Crippen LogP contribution in [0.25, 0.3) is 0 Å². The highest BCUT2D eigenvalue weighted by atomic mass is 35.5. The average molecular weight is 400 g/mol. The van der Waals surface area contributed by atoms with E-state index in [1.165, 1.54) is 12.8 Å². The Morgan fingerprint density at radius 2 is 2.04 bits per heavy atom. The van der Waals surface area contributed by atoms with Crippen molar-refractivity contribution in [1.82, 2.24) is 4.90 Å². The number of carbonyl (C=O) groups excluding carboxylic acids is 1. The van der Waals surface area contributed by atoms with E-state index in [-0.39, 0.29) is 12.5 Å². The number of rotatable bonds is 7. The van der Waals surface area contributed by atoms with Crippen LogP contribution in [0.2, 0.25) is 10.0 Å². The van der Waals surface area contributed by atoms with Crippen LogP contribution in [-0.2, 0) is 4.79 Å². The van der Waals surface area contributed by atoms with Gasteiger partial charge in [0.25, 0.3) is 0 Å². The summed E-state index contributed by atoms with van der Waals surface area (Å²) in [6.07, 6.45) is 5.60. The number of aliphatic hydroxyl groups excluding tert-OH is 1. The van der Waals surface area contributed by atoms with Gasteiger partial charge in [-0.15, -0.1) is 0 Å². The molecule has 4 rings (SSSR count). The first kappa shape index (κ1) is 19.8. The van der Waals surface area contributed by atoms with Gasteiger partial charge in [0.15, 0.2) is 0 Å². The van der Waals surface area contributed by atoms with E-state index in [1.807, 2.05) is 11.9 Å². The summed E-state index contributed by atoms with van der Waals surface area (Å²) < 4.78 is 5.66. The number of ether oxygens (including phenoxy) is 1. The minimum atomic E-state index is 0.175. The summed E-state index contributed by atoms with van der Waals surface area (Å²) in [6, 6.07) is 5.46. The molecule has 1 aromatic carbocycles. The fraction of sp³-hybridized carbons (Fsp3) is 0.650. The van der Waals surface area contributed by atoms with Crippen molar-refractivity contribution in [3.8, 4) is 5.75 Å². The summed E-state index contributed by atoms with van der Waals surface area (Å²) in [4.78, 5) is 14.5. The number of hydrogen-bond acceptors (Lipinski definition) is 3. The van der Waals surface area contributed by atoms with E-state index in [0.29, 0.717) is 59.0 Å². The van der Waals surface area contributed by atoms with Crippen molar-refractivity contribution in [3.05, 3.63) is 28.2 Å². The van der Waals surface area contributed by atoms with Gasteiger partial charge in [-0.3, -0.25) is 4.79 Å². The molecule has 1 amide bonds. The molecule has 0 aliphatic heterocycles. The van der Waals surface area contributed by atoms with Gasteiger partial charge in [-0.1, -0.05) is 23.2 Å². The normalized spacial score (nSPS) is 27.4. The third-order valence-electron chi connectivity index (χ3n) is 6.08. The highest BCUT2D eigenvalue weighted by Crippen LogP contribution is 2.46. The largest absolute Gasteiger partial charge is 0.492 e. The van der Waals surface area contributed by atoms with E-state index < -0.39 is 0 Å². The number of hydrogen-bond donors (Lipinski definition) is 1. The second kappa shape index (κ2) is 8.81. The molecule has 1 N–H and O–H groups in total. The van der Waals surface area contributed by atoms with E-state index in [4.69, 9.17) is 27.9 Å². The Kier molecular flexibility index (Phi) is 6.70. The molecule has 0 aromatic heterocycles. The molecule has 1 aromatic rings. The van der Waals surface area contributed by atoms with E-state index in [2.05, 4.69) is 0 Å². The van der Waals surface area contributed by atoms with Crippen LogP contribution in [0.3, 0.4) is 0 Å². The summed E-state index contributed by atoms with van der Waals surface area (Å²) in [5.41, 5.74) is 0. The third kappa shape index (κ3) is 4.47. The Labute approximate surface area is 165 Å². The van der Waals surface area contributed by atoms with Crippen molar-refractivity contribution in [2.75, 3.05) is 20.3 Å². The fourth-order valence-corrected chi connectivity index (χ4v) is 5.05. The van der Waals surface area contributed by atoms with Gasteiger partial charge >= 0.3 is 0 Å². The first-order chi connectivity index (χ1) is 12.5. The molecule has 26 heavy (non-hydrogen) atoms. The number of benzene rings is 1. The van der Waals surface area contributed by atoms with Gasteiger partial charge in [0.05, 0.1) is 11.6 Å². The van der Waals surface area contributed by atoms with Gasteiger partial charge in [0.2, 0.25) is 5.91 Å². The first-order valence-corrected chi connectivity index (χ1v) is 10.2. The van der Waals surface area contributed by atoms with Crippen LogP contribution in [0.5, 0.6) is 5.75 Å². The summed E-state index contributed by atoms with van der Waals surface area (Å²) in [5.74, 6) is 2.31. The maximum atomic E-state index is 12.6. The number of nitrogens with zero attached hydrogens (tertiary/aromatic N) is 1. The Morgan fingerprint density at radius 3 is 2.69 bits per heavy atom. The predicted molar refractivity (Wildman–Crippen MR) is 104 cm³/mol. The van der Waals surface area contributed by atoms with Crippen LogP contribution in [0.15, 0.2) is 18.2 Å². The van der Waals surface area contributed by atoms with Gasteiger partial charge in [0, 0.05) is 31.1 Å². The Morgan fingerprint density at radius 1 is 1.27 bits per heavy atom. The Balaban J connectivity index is 1.43. The lowest BCUT2D eigenvalue weighted by Crippen LogP contribution is -2.51. The van der Waals surface area contributed by atoms with Gasteiger partial charge in [0.1, 0.15) is 5.75 Å². The van der Waals surface area contributed by atoms with Crippen LogP contribution in [0.1, 0.15) is 38.5 Å². The number of fused-ring (bicyclic) bond motifs is 3. The van der Waals surface area contributed by atoms with Gasteiger partial charge in [-0.25, -0.2) is 0 Å². The molecule has 3 aliphatic carbocycles. The zero-order chi connectivity index (χ0) is 18.7. The molecular formula is C20H27Cl2NO3. The summed E-state index contributed by atoms with van der Waals surface area (Å²) in [5, 5.41) is 10.6. The lowest BCUT2D eigenvalue weighted by molar-refractivity contribution is -0.136. The minimum Gasteiger partial charge on any atom is -0.492 e. The molecule has 0 heterocycles. The monoisotopic (exact) mass is 399 g/mol. The topological polar surface area (TPSA) is 49.8 Å². The Hall–Kier alpha value is -0.970. The summed E-state index contributed by atoms with van der Waals surface area (Å²) >= 11 is 11.9. The van der Waals surface area contributed by atoms with Crippen molar-refractivity contribution in [3.63, 3.8) is 0 Å². The predicted octanol–water partition coefficient (Wildman–Crippen LogP) is 4.41. The average Bonchev–Trinajstić information content (AvgIpc) is 2.65. The molecule has 6 heteroatoms. The highest BCUT2D eigenvalue weighted by molar-refractivity contribution is 6.35. The standard InChI is InChI=1S/C20H27Cl2NO3/c1-23(18-10-13-4-5-14(18)9-15(13)12-24)20(25)3-2-8-26-19-7-6-16(21)11-17(19)22/h6-7,11,13-15,18,24H,2-5,8-10,12H2,1H3. The van der Waals surface area contributed by atoms with E-state index in [9.17, 15) is 9.90 Å². The molecule has 144 valence electrons.